The molecule has 3 rings (SSSR count). The van der Waals surface area contributed by atoms with Crippen molar-refractivity contribution in [3.05, 3.63) is 23.2 Å². The molecular weight excluding hydrogens is 432 g/mol. The molecule has 8 nitrogen and oxygen atoms in total. The molecule has 0 fully saturated rings. The van der Waals surface area contributed by atoms with E-state index >= 15 is 0 Å². The smallest absolute Gasteiger partial charge is 0.267 e. The molecule has 0 radical (unpaired) electrons. The molecule has 27 heavy (non-hydrogen) atoms. The molecule has 2 heterocycles. The van der Waals surface area contributed by atoms with E-state index < -0.39 is 22.0 Å². The average molecular weight is 449 g/mol. The number of amides is 1. The van der Waals surface area contributed by atoms with Gasteiger partial charge in [0.25, 0.3) is 5.91 Å². The van der Waals surface area contributed by atoms with Crippen LogP contribution in [0.25, 0.3) is 0 Å². The van der Waals surface area contributed by atoms with Crippen LogP contribution in [0.2, 0.25) is 5.02 Å². The van der Waals surface area contributed by atoms with Crippen LogP contribution in [0, 0.1) is 0 Å². The molecule has 0 bridgehead atoms. The van der Waals surface area contributed by atoms with Gasteiger partial charge in [0.1, 0.15) is 5.75 Å². The second-order valence-electron chi connectivity index (χ2n) is 5.64. The van der Waals surface area contributed by atoms with Gasteiger partial charge < -0.3 is 4.74 Å². The Morgan fingerprint density at radius 2 is 2.26 bits per heavy atom. The Morgan fingerprint density at radius 3 is 2.96 bits per heavy atom. The summed E-state index contributed by atoms with van der Waals surface area (Å²) in [4.78, 5) is 12.6. The lowest BCUT2D eigenvalue weighted by Gasteiger charge is -2.21. The van der Waals surface area contributed by atoms with Gasteiger partial charge in [-0.3, -0.25) is 14.4 Å². The quantitative estimate of drug-likeness (QED) is 0.554. The molecule has 2 aromatic rings. The molecule has 0 saturated carbocycles. The third-order valence-corrected chi connectivity index (χ3v) is 6.92. The Bertz CT molecular complexity index is 950. The normalized spacial score (nSPS) is 17.0. The maximum atomic E-state index is 12.6. The topological polar surface area (TPSA) is 101 Å². The number of anilines is 2. The fourth-order valence-electron chi connectivity index (χ4n) is 2.51. The lowest BCUT2D eigenvalue weighted by atomic mass is 10.2. The van der Waals surface area contributed by atoms with Crippen LogP contribution in [0.1, 0.15) is 13.3 Å². The molecule has 12 heteroatoms. The number of hydrogen-bond acceptors (Lipinski definition) is 8. The van der Waals surface area contributed by atoms with Crippen LogP contribution < -0.4 is 14.4 Å². The summed E-state index contributed by atoms with van der Waals surface area (Å²) in [6, 6.07) is 4.65. The number of fused-ring (bicyclic) bond motifs is 1. The standard InChI is InChI=1S/C15H17ClN4O4S3/c1-3-25-15-19-18-14(26-15)17-13(21)12-6-7-20(27(2,22)23)10-8-9(16)4-5-11(10)24-12/h4-5,8,12H,3,6-7H2,1-2H3,(H,17,18,21). The van der Waals surface area contributed by atoms with E-state index in [0.717, 1.165) is 16.3 Å². The molecule has 146 valence electrons. The van der Waals surface area contributed by atoms with Crippen molar-refractivity contribution >= 4 is 61.4 Å². The second-order valence-corrected chi connectivity index (χ2v) is 10.5. The molecule has 1 aliphatic rings. The largest absolute Gasteiger partial charge is 0.478 e. The number of hydrogen-bond donors (Lipinski definition) is 1. The molecule has 1 aromatic carbocycles. The third kappa shape index (κ3) is 4.84. The average Bonchev–Trinajstić information content (AvgIpc) is 2.92. The lowest BCUT2D eigenvalue weighted by Crippen LogP contribution is -2.35. The van der Waals surface area contributed by atoms with Gasteiger partial charge in [0.2, 0.25) is 15.2 Å². The van der Waals surface area contributed by atoms with E-state index in [4.69, 9.17) is 16.3 Å². The Balaban J connectivity index is 1.81. The van der Waals surface area contributed by atoms with Gasteiger partial charge in [-0.2, -0.15) is 0 Å². The van der Waals surface area contributed by atoms with Gasteiger partial charge in [-0.1, -0.05) is 41.6 Å². The molecule has 0 aliphatic carbocycles. The van der Waals surface area contributed by atoms with Crippen LogP contribution >= 0.6 is 34.7 Å². The monoisotopic (exact) mass is 448 g/mol. The molecule has 1 unspecified atom stereocenters. The molecule has 0 saturated heterocycles. The summed E-state index contributed by atoms with van der Waals surface area (Å²) in [6.45, 7) is 2.10. The maximum absolute atomic E-state index is 12.6. The fourth-order valence-corrected chi connectivity index (χ4v) is 5.26. The van der Waals surface area contributed by atoms with Crippen molar-refractivity contribution in [2.45, 2.75) is 23.8 Å². The fraction of sp³-hybridized carbons (Fsp3) is 0.400. The maximum Gasteiger partial charge on any atom is 0.267 e. The van der Waals surface area contributed by atoms with Crippen molar-refractivity contribution in [1.29, 1.82) is 0 Å². The van der Waals surface area contributed by atoms with E-state index in [1.165, 1.54) is 33.5 Å². The summed E-state index contributed by atoms with van der Waals surface area (Å²) < 4.78 is 32.1. The predicted molar refractivity (Wildman–Crippen MR) is 108 cm³/mol. The van der Waals surface area contributed by atoms with E-state index in [9.17, 15) is 13.2 Å². The van der Waals surface area contributed by atoms with E-state index in [0.29, 0.717) is 15.8 Å². The van der Waals surface area contributed by atoms with Gasteiger partial charge in [0.15, 0.2) is 10.4 Å². The predicted octanol–water partition coefficient (Wildman–Crippen LogP) is 2.86. The highest BCUT2D eigenvalue weighted by atomic mass is 35.5. The Morgan fingerprint density at radius 1 is 1.48 bits per heavy atom. The molecule has 1 amide bonds. The molecule has 1 aliphatic heterocycles. The van der Waals surface area contributed by atoms with Gasteiger partial charge in [-0.25, -0.2) is 8.42 Å². The summed E-state index contributed by atoms with van der Waals surface area (Å²) in [6.07, 6.45) is 0.412. The number of sulfonamides is 1. The molecular formula is C15H17ClN4O4S3. The van der Waals surface area contributed by atoms with E-state index in [2.05, 4.69) is 15.5 Å². The van der Waals surface area contributed by atoms with Crippen LogP contribution in [-0.2, 0) is 14.8 Å². The van der Waals surface area contributed by atoms with Crippen molar-refractivity contribution in [1.82, 2.24) is 10.2 Å². The molecule has 1 atom stereocenters. The highest BCUT2D eigenvalue weighted by Crippen LogP contribution is 2.36. The number of carbonyl (C=O) groups excluding carboxylic acids is 1. The van der Waals surface area contributed by atoms with Crippen LogP contribution in [0.4, 0.5) is 10.8 Å². The number of benzene rings is 1. The van der Waals surface area contributed by atoms with Crippen LogP contribution in [0.3, 0.4) is 0 Å². The number of nitrogens with one attached hydrogen (secondary N) is 1. The molecule has 1 aromatic heterocycles. The highest BCUT2D eigenvalue weighted by Gasteiger charge is 2.31. The highest BCUT2D eigenvalue weighted by molar-refractivity contribution is 8.01. The second kappa shape index (κ2) is 8.21. The van der Waals surface area contributed by atoms with Gasteiger partial charge in [-0.15, -0.1) is 10.2 Å². The summed E-state index contributed by atoms with van der Waals surface area (Å²) in [7, 11) is -3.55. The molecule has 1 N–H and O–H groups in total. The number of carbonyl (C=O) groups is 1. The van der Waals surface area contributed by atoms with E-state index in [-0.39, 0.29) is 18.7 Å². The first-order valence-corrected chi connectivity index (χ1v) is 12.0. The number of aromatic nitrogens is 2. The summed E-state index contributed by atoms with van der Waals surface area (Å²) in [5.74, 6) is 0.729. The van der Waals surface area contributed by atoms with Crippen molar-refractivity contribution in [2.75, 3.05) is 28.2 Å². The van der Waals surface area contributed by atoms with Crippen molar-refractivity contribution in [3.8, 4) is 5.75 Å². The Kier molecular flexibility index (Phi) is 6.14. The van der Waals surface area contributed by atoms with Crippen LogP contribution in [-0.4, -0.2) is 49.2 Å². The third-order valence-electron chi connectivity index (χ3n) is 3.65. The minimum absolute atomic E-state index is 0.0946. The summed E-state index contributed by atoms with van der Waals surface area (Å²) in [5, 5.41) is 11.4. The molecule has 0 spiro atoms. The van der Waals surface area contributed by atoms with Gasteiger partial charge in [0.05, 0.1) is 11.9 Å². The van der Waals surface area contributed by atoms with Crippen molar-refractivity contribution < 1.29 is 17.9 Å². The van der Waals surface area contributed by atoms with Gasteiger partial charge in [-0.05, 0) is 24.0 Å². The summed E-state index contributed by atoms with van der Waals surface area (Å²) in [5.41, 5.74) is 0.317. The van der Waals surface area contributed by atoms with Gasteiger partial charge >= 0.3 is 0 Å². The number of halogens is 1. The zero-order chi connectivity index (χ0) is 19.6. The van der Waals surface area contributed by atoms with Crippen LogP contribution in [0.15, 0.2) is 22.5 Å². The first kappa shape index (κ1) is 20.2. The Hall–Kier alpha value is -1.56. The van der Waals surface area contributed by atoms with E-state index in [1.54, 1.807) is 12.1 Å². The van der Waals surface area contributed by atoms with Gasteiger partial charge in [0, 0.05) is 18.0 Å². The number of thioether (sulfide) groups is 1. The number of ether oxygens (including phenoxy) is 1. The zero-order valence-electron chi connectivity index (χ0n) is 14.5. The first-order valence-electron chi connectivity index (χ1n) is 7.99. The SMILES string of the molecule is CCSc1nnc(NC(=O)C2CCN(S(C)(=O)=O)c3cc(Cl)ccc3O2)s1. The number of rotatable bonds is 5. The zero-order valence-corrected chi connectivity index (χ0v) is 17.7. The van der Waals surface area contributed by atoms with Crippen LogP contribution in [0.5, 0.6) is 5.75 Å². The Labute approximate surface area is 170 Å². The van der Waals surface area contributed by atoms with E-state index in [1.807, 2.05) is 6.92 Å². The first-order chi connectivity index (χ1) is 12.8. The minimum atomic E-state index is -3.55. The minimum Gasteiger partial charge on any atom is -0.478 e. The van der Waals surface area contributed by atoms with Crippen molar-refractivity contribution in [3.63, 3.8) is 0 Å². The van der Waals surface area contributed by atoms with Crippen molar-refractivity contribution in [2.24, 2.45) is 0 Å². The number of nitrogens with zero attached hydrogens (tertiary/aromatic N) is 3. The summed E-state index contributed by atoms with van der Waals surface area (Å²) >= 11 is 8.82. The lowest BCUT2D eigenvalue weighted by molar-refractivity contribution is -0.122.